The number of rotatable bonds is 6. The van der Waals surface area contributed by atoms with Gasteiger partial charge in [-0.15, -0.1) is 0 Å². The summed E-state index contributed by atoms with van der Waals surface area (Å²) in [4.78, 5) is 13.7. The van der Waals surface area contributed by atoms with Gasteiger partial charge in [-0.1, -0.05) is 26.7 Å². The van der Waals surface area contributed by atoms with Crippen LogP contribution in [0.1, 0.15) is 52.4 Å². The third-order valence-corrected chi connectivity index (χ3v) is 3.54. The molecule has 0 radical (unpaired) electrons. The van der Waals surface area contributed by atoms with Gasteiger partial charge in [0.15, 0.2) is 0 Å². The summed E-state index contributed by atoms with van der Waals surface area (Å²) >= 11 is 0. The van der Waals surface area contributed by atoms with Gasteiger partial charge in [-0.2, -0.15) is 0 Å². The lowest BCUT2D eigenvalue weighted by Gasteiger charge is -2.38. The molecule has 0 aromatic rings. The van der Waals surface area contributed by atoms with Gasteiger partial charge in [0.05, 0.1) is 5.92 Å². The SMILES string of the molecule is CCCN(CCC)C1CCCCC1C(=O)O. The molecule has 16 heavy (non-hydrogen) atoms. The van der Waals surface area contributed by atoms with Crippen molar-refractivity contribution in [2.45, 2.75) is 58.4 Å². The highest BCUT2D eigenvalue weighted by molar-refractivity contribution is 5.71. The Kier molecular flexibility index (Phi) is 5.81. The molecular formula is C13H25NO2. The average molecular weight is 227 g/mol. The summed E-state index contributed by atoms with van der Waals surface area (Å²) in [6, 6.07) is 0.283. The minimum absolute atomic E-state index is 0.133. The third-order valence-electron chi connectivity index (χ3n) is 3.54. The lowest BCUT2D eigenvalue weighted by molar-refractivity contribution is -0.145. The van der Waals surface area contributed by atoms with Gasteiger partial charge in [-0.3, -0.25) is 9.69 Å². The molecular weight excluding hydrogens is 202 g/mol. The number of carbonyl (C=O) groups is 1. The van der Waals surface area contributed by atoms with Crippen LogP contribution in [-0.2, 0) is 4.79 Å². The number of carboxylic acid groups (broad SMARTS) is 1. The summed E-state index contributed by atoms with van der Waals surface area (Å²) < 4.78 is 0. The zero-order chi connectivity index (χ0) is 12.0. The van der Waals surface area contributed by atoms with Crippen molar-refractivity contribution in [2.24, 2.45) is 5.92 Å². The first-order valence-electron chi connectivity index (χ1n) is 6.67. The number of carboxylic acids is 1. The van der Waals surface area contributed by atoms with Gasteiger partial charge in [0, 0.05) is 6.04 Å². The van der Waals surface area contributed by atoms with Gasteiger partial charge >= 0.3 is 5.97 Å². The Morgan fingerprint density at radius 1 is 1.19 bits per heavy atom. The highest BCUT2D eigenvalue weighted by Gasteiger charge is 2.33. The van der Waals surface area contributed by atoms with Crippen LogP contribution in [0.2, 0.25) is 0 Å². The predicted molar refractivity (Wildman–Crippen MR) is 65.5 cm³/mol. The highest BCUT2D eigenvalue weighted by Crippen LogP contribution is 2.29. The summed E-state index contributed by atoms with van der Waals surface area (Å²) in [5, 5.41) is 9.27. The van der Waals surface area contributed by atoms with Crippen LogP contribution in [0.15, 0.2) is 0 Å². The van der Waals surface area contributed by atoms with E-state index < -0.39 is 5.97 Å². The maximum Gasteiger partial charge on any atom is 0.308 e. The van der Waals surface area contributed by atoms with Crippen LogP contribution in [0, 0.1) is 5.92 Å². The van der Waals surface area contributed by atoms with E-state index >= 15 is 0 Å². The van der Waals surface area contributed by atoms with Crippen LogP contribution >= 0.6 is 0 Å². The first-order valence-corrected chi connectivity index (χ1v) is 6.67. The molecule has 1 rings (SSSR count). The summed E-state index contributed by atoms with van der Waals surface area (Å²) in [5.74, 6) is -0.728. The van der Waals surface area contributed by atoms with Crippen LogP contribution in [-0.4, -0.2) is 35.1 Å². The van der Waals surface area contributed by atoms with Crippen LogP contribution in [0.4, 0.5) is 0 Å². The number of aliphatic carboxylic acids is 1. The Labute approximate surface area is 98.8 Å². The minimum atomic E-state index is -0.595. The summed E-state index contributed by atoms with van der Waals surface area (Å²) in [6.07, 6.45) is 6.44. The Hall–Kier alpha value is -0.570. The van der Waals surface area contributed by atoms with Crippen molar-refractivity contribution in [3.63, 3.8) is 0 Å². The Morgan fingerprint density at radius 3 is 2.25 bits per heavy atom. The lowest BCUT2D eigenvalue weighted by atomic mass is 9.83. The van der Waals surface area contributed by atoms with E-state index in [-0.39, 0.29) is 12.0 Å². The molecule has 2 unspecified atom stereocenters. The molecule has 0 spiro atoms. The topological polar surface area (TPSA) is 40.5 Å². The second-order valence-electron chi connectivity index (χ2n) is 4.83. The molecule has 0 saturated heterocycles. The van der Waals surface area contributed by atoms with Crippen molar-refractivity contribution in [1.82, 2.24) is 4.90 Å². The largest absolute Gasteiger partial charge is 0.481 e. The number of nitrogens with zero attached hydrogens (tertiary/aromatic N) is 1. The Morgan fingerprint density at radius 2 is 1.75 bits per heavy atom. The molecule has 3 heteroatoms. The average Bonchev–Trinajstić information content (AvgIpc) is 2.29. The monoisotopic (exact) mass is 227 g/mol. The van der Waals surface area contributed by atoms with E-state index in [2.05, 4.69) is 18.7 Å². The molecule has 0 heterocycles. The minimum Gasteiger partial charge on any atom is -0.481 e. The third kappa shape index (κ3) is 3.48. The van der Waals surface area contributed by atoms with E-state index in [4.69, 9.17) is 0 Å². The quantitative estimate of drug-likeness (QED) is 0.758. The van der Waals surface area contributed by atoms with Crippen LogP contribution < -0.4 is 0 Å². The molecule has 1 N–H and O–H groups in total. The van der Waals surface area contributed by atoms with Crippen molar-refractivity contribution >= 4 is 5.97 Å². The first kappa shape index (κ1) is 13.5. The lowest BCUT2D eigenvalue weighted by Crippen LogP contribution is -2.46. The second kappa shape index (κ2) is 6.89. The van der Waals surface area contributed by atoms with Gasteiger partial charge in [0.2, 0.25) is 0 Å². The highest BCUT2D eigenvalue weighted by atomic mass is 16.4. The van der Waals surface area contributed by atoms with E-state index in [9.17, 15) is 9.90 Å². The van der Waals surface area contributed by atoms with Gasteiger partial charge in [0.1, 0.15) is 0 Å². The number of hydrogen-bond acceptors (Lipinski definition) is 2. The maximum atomic E-state index is 11.3. The fourth-order valence-electron chi connectivity index (χ4n) is 2.85. The van der Waals surface area contributed by atoms with Crippen molar-refractivity contribution < 1.29 is 9.90 Å². The summed E-state index contributed by atoms with van der Waals surface area (Å²) in [5.41, 5.74) is 0. The van der Waals surface area contributed by atoms with Crippen LogP contribution in [0.5, 0.6) is 0 Å². The molecule has 94 valence electrons. The molecule has 2 atom stereocenters. The fraction of sp³-hybridized carbons (Fsp3) is 0.923. The van der Waals surface area contributed by atoms with Crippen LogP contribution in [0.3, 0.4) is 0 Å². The Bertz CT molecular complexity index is 212. The van der Waals surface area contributed by atoms with Gasteiger partial charge in [-0.05, 0) is 38.8 Å². The van der Waals surface area contributed by atoms with Gasteiger partial charge < -0.3 is 5.11 Å². The molecule has 0 amide bonds. The van der Waals surface area contributed by atoms with Crippen molar-refractivity contribution in [3.05, 3.63) is 0 Å². The van der Waals surface area contributed by atoms with E-state index in [0.717, 1.165) is 45.2 Å². The molecule has 1 fully saturated rings. The smallest absolute Gasteiger partial charge is 0.308 e. The zero-order valence-electron chi connectivity index (χ0n) is 10.6. The predicted octanol–water partition coefficient (Wildman–Crippen LogP) is 2.75. The zero-order valence-corrected chi connectivity index (χ0v) is 10.6. The van der Waals surface area contributed by atoms with Crippen molar-refractivity contribution in [2.75, 3.05) is 13.1 Å². The normalized spacial score (nSPS) is 25.9. The summed E-state index contributed by atoms with van der Waals surface area (Å²) in [7, 11) is 0. The van der Waals surface area contributed by atoms with E-state index in [0.29, 0.717) is 0 Å². The molecule has 0 bridgehead atoms. The van der Waals surface area contributed by atoms with Crippen molar-refractivity contribution in [3.8, 4) is 0 Å². The van der Waals surface area contributed by atoms with Gasteiger partial charge in [-0.25, -0.2) is 0 Å². The molecule has 1 saturated carbocycles. The standard InChI is InChI=1S/C13H25NO2/c1-3-9-14(10-4-2)12-8-6-5-7-11(12)13(15)16/h11-12H,3-10H2,1-2H3,(H,15,16). The van der Waals surface area contributed by atoms with E-state index in [1.807, 2.05) is 0 Å². The molecule has 0 aliphatic heterocycles. The van der Waals surface area contributed by atoms with E-state index in [1.54, 1.807) is 0 Å². The maximum absolute atomic E-state index is 11.3. The molecule has 3 nitrogen and oxygen atoms in total. The molecule has 0 aromatic carbocycles. The molecule has 1 aliphatic rings. The van der Waals surface area contributed by atoms with Crippen molar-refractivity contribution in [1.29, 1.82) is 0 Å². The first-order chi connectivity index (χ1) is 7.70. The number of hydrogen-bond donors (Lipinski definition) is 1. The van der Waals surface area contributed by atoms with Gasteiger partial charge in [0.25, 0.3) is 0 Å². The molecule has 0 aromatic heterocycles. The Balaban J connectivity index is 2.66. The second-order valence-corrected chi connectivity index (χ2v) is 4.83. The van der Waals surface area contributed by atoms with E-state index in [1.165, 1.54) is 6.42 Å². The molecule has 1 aliphatic carbocycles. The fourth-order valence-corrected chi connectivity index (χ4v) is 2.85. The van der Waals surface area contributed by atoms with Crippen LogP contribution in [0.25, 0.3) is 0 Å². The summed E-state index contributed by atoms with van der Waals surface area (Å²) in [6.45, 7) is 6.42.